The van der Waals surface area contributed by atoms with E-state index in [1.807, 2.05) is 133 Å². The van der Waals surface area contributed by atoms with E-state index >= 15 is 0 Å². The topological polar surface area (TPSA) is 89.9 Å². The number of rotatable bonds is 6. The molecule has 8 heteroatoms. The van der Waals surface area contributed by atoms with E-state index in [0.717, 1.165) is 40.5 Å². The molecule has 0 unspecified atom stereocenters. The van der Waals surface area contributed by atoms with Crippen molar-refractivity contribution in [3.8, 4) is 42.6 Å². The van der Waals surface area contributed by atoms with E-state index in [2.05, 4.69) is 48.3 Å². The van der Waals surface area contributed by atoms with Crippen LogP contribution in [0.4, 0.5) is 5.82 Å². The van der Waals surface area contributed by atoms with Gasteiger partial charge in [-0.05, 0) is 64.8 Å². The molecule has 2 N–H and O–H groups in total. The lowest BCUT2D eigenvalue weighted by molar-refractivity contribution is -0.110. The van der Waals surface area contributed by atoms with Gasteiger partial charge in [0, 0.05) is 37.5 Å². The molecule has 3 heterocycles. The molecule has 0 aliphatic heterocycles. The van der Waals surface area contributed by atoms with E-state index in [1.54, 1.807) is 10.9 Å². The minimum Gasteiger partial charge on any atom is -0.470 e. The first kappa shape index (κ1) is 42.9. The lowest BCUT2D eigenvalue weighted by atomic mass is 10.1. The number of nitrogens with one attached hydrogen (secondary N) is 2. The Morgan fingerprint density at radius 2 is 1.52 bits per heavy atom. The number of amides is 1. The van der Waals surface area contributed by atoms with Gasteiger partial charge in [-0.15, -0.1) is 25.7 Å². The van der Waals surface area contributed by atoms with Crippen LogP contribution in [0, 0.1) is 39.5 Å². The van der Waals surface area contributed by atoms with E-state index in [0.29, 0.717) is 6.04 Å². The molecule has 1 aromatic carbocycles. The highest BCUT2D eigenvalue weighted by Crippen LogP contribution is 2.29. The molecule has 1 saturated carbocycles. The highest BCUT2D eigenvalue weighted by atomic mass is 16.3. The summed E-state index contributed by atoms with van der Waals surface area (Å²) in [5.74, 6) is 1.96. The van der Waals surface area contributed by atoms with Gasteiger partial charge in [-0.3, -0.25) is 9.48 Å². The van der Waals surface area contributed by atoms with Crippen molar-refractivity contribution in [2.45, 2.75) is 73.3 Å². The fourth-order valence-corrected chi connectivity index (χ4v) is 4.13. The van der Waals surface area contributed by atoms with Gasteiger partial charge in [0.05, 0.1) is 18.1 Å². The maximum absolute atomic E-state index is 9.85. The van der Waals surface area contributed by atoms with Crippen LogP contribution >= 0.6 is 0 Å². The Bertz CT molecular complexity index is 1350. The molecule has 0 spiro atoms. The van der Waals surface area contributed by atoms with Crippen LogP contribution in [0.2, 0.25) is 0 Å². The molecule has 248 valence electrons. The van der Waals surface area contributed by atoms with Crippen molar-refractivity contribution in [2.24, 2.45) is 7.05 Å². The number of nitrogens with zero attached hydrogens (tertiary/aromatic N) is 4. The van der Waals surface area contributed by atoms with E-state index in [4.69, 9.17) is 9.52 Å². The van der Waals surface area contributed by atoms with Crippen molar-refractivity contribution >= 4 is 12.2 Å². The Hall–Kier alpha value is -5.21. The number of carbonyl (C=O) groups is 1. The zero-order chi connectivity index (χ0) is 35.2. The van der Waals surface area contributed by atoms with Gasteiger partial charge in [0.25, 0.3) is 0 Å². The highest BCUT2D eigenvalue weighted by molar-refractivity contribution is 5.69. The molecular formula is C38H54N6O2. The van der Waals surface area contributed by atoms with Gasteiger partial charge in [-0.1, -0.05) is 69.2 Å². The summed E-state index contributed by atoms with van der Waals surface area (Å²) in [5, 5.41) is 15.0. The van der Waals surface area contributed by atoms with Gasteiger partial charge in [0.2, 0.25) is 6.41 Å². The number of aryl methyl sites for hydroxylation is 2. The number of terminal acetylenes is 2. The summed E-state index contributed by atoms with van der Waals surface area (Å²) in [6, 6.07) is 14.4. The first-order valence-corrected chi connectivity index (χ1v) is 15.4. The smallest absolute Gasteiger partial charge is 0.207 e. The maximum Gasteiger partial charge on any atom is 0.207 e. The number of benzene rings is 1. The van der Waals surface area contributed by atoms with E-state index in [1.165, 1.54) is 25.7 Å². The molecule has 0 saturated heterocycles. The van der Waals surface area contributed by atoms with Gasteiger partial charge in [0.1, 0.15) is 17.3 Å². The first-order chi connectivity index (χ1) is 22.4. The van der Waals surface area contributed by atoms with Crippen LogP contribution in [0.1, 0.15) is 64.7 Å². The van der Waals surface area contributed by atoms with Crippen molar-refractivity contribution in [1.29, 1.82) is 0 Å². The van der Waals surface area contributed by atoms with Gasteiger partial charge in [-0.2, -0.15) is 10.2 Å². The number of hydrogen-bond donors (Lipinski definition) is 2. The predicted molar refractivity (Wildman–Crippen MR) is 196 cm³/mol. The highest BCUT2D eigenvalue weighted by Gasteiger charge is 2.17. The number of anilines is 1. The zero-order valence-electron chi connectivity index (χ0n) is 29.0. The minimum absolute atomic E-state index is 0.493. The van der Waals surface area contributed by atoms with E-state index in [9.17, 15) is 4.79 Å². The van der Waals surface area contributed by atoms with Crippen molar-refractivity contribution in [2.75, 3.05) is 12.4 Å². The number of para-hydroxylation sites is 1. The van der Waals surface area contributed by atoms with Crippen molar-refractivity contribution in [3.63, 3.8) is 0 Å². The normalized spacial score (nSPS) is 11.2. The Labute approximate surface area is 278 Å². The second-order valence-corrected chi connectivity index (χ2v) is 9.26. The molecular weight excluding hydrogens is 572 g/mol. The van der Waals surface area contributed by atoms with Gasteiger partial charge < -0.3 is 15.1 Å². The van der Waals surface area contributed by atoms with Crippen LogP contribution in [0.15, 0.2) is 89.8 Å². The zero-order valence-corrected chi connectivity index (χ0v) is 29.0. The molecule has 1 aliphatic rings. The van der Waals surface area contributed by atoms with Crippen LogP contribution in [0.5, 0.6) is 0 Å². The summed E-state index contributed by atoms with van der Waals surface area (Å²) >= 11 is 0. The second kappa shape index (κ2) is 28.6. The third kappa shape index (κ3) is 16.6. The molecule has 1 aliphatic carbocycles. The molecule has 4 aromatic rings. The molecule has 5 rings (SSSR count). The summed E-state index contributed by atoms with van der Waals surface area (Å²) in [4.78, 5) is 9.85. The van der Waals surface area contributed by atoms with Crippen LogP contribution in [0.3, 0.4) is 0 Å². The van der Waals surface area contributed by atoms with Crippen LogP contribution in [0.25, 0.3) is 16.9 Å². The third-order valence-electron chi connectivity index (χ3n) is 6.16. The fourth-order valence-electron chi connectivity index (χ4n) is 4.13. The Kier molecular flexibility index (Phi) is 26.6. The summed E-state index contributed by atoms with van der Waals surface area (Å²) in [7, 11) is 3.82. The number of allylic oxidation sites excluding steroid dienone is 4. The maximum atomic E-state index is 9.85. The molecule has 46 heavy (non-hydrogen) atoms. The minimum atomic E-state index is 0.493. The number of carbonyl (C=O) groups excluding carboxylic acids is 1. The average molecular weight is 627 g/mol. The lowest BCUT2D eigenvalue weighted by Gasteiger charge is -2.06. The molecule has 8 nitrogen and oxygen atoms in total. The molecule has 3 aromatic heterocycles. The van der Waals surface area contributed by atoms with Crippen molar-refractivity contribution in [1.82, 2.24) is 24.9 Å². The third-order valence-corrected chi connectivity index (χ3v) is 6.16. The molecule has 0 bridgehead atoms. The molecule has 1 fully saturated rings. The van der Waals surface area contributed by atoms with Crippen LogP contribution in [-0.2, 0) is 11.8 Å². The predicted octanol–water partition coefficient (Wildman–Crippen LogP) is 8.55. The largest absolute Gasteiger partial charge is 0.470 e. The van der Waals surface area contributed by atoms with Gasteiger partial charge >= 0.3 is 0 Å². The lowest BCUT2D eigenvalue weighted by Crippen LogP contribution is -2.23. The average Bonchev–Trinajstić information content (AvgIpc) is 3.94. The monoisotopic (exact) mass is 626 g/mol. The SMILES string of the molecule is C#C.C#C.C/C=C\C=C/C.CC.CNc1c(C)c(-c2cnn(C)c2)nn1-c1ccccc1.Cc1ccco1.O=CNC1CCCC1. The molecule has 0 radical (unpaired) electrons. The summed E-state index contributed by atoms with van der Waals surface area (Å²) in [6.07, 6.45) is 35.2. The quantitative estimate of drug-likeness (QED) is 0.127. The summed E-state index contributed by atoms with van der Waals surface area (Å²) < 4.78 is 8.55. The summed E-state index contributed by atoms with van der Waals surface area (Å²) in [6.45, 7) is 12.0. The number of hydrogen-bond acceptors (Lipinski definition) is 5. The van der Waals surface area contributed by atoms with E-state index < -0.39 is 0 Å². The van der Waals surface area contributed by atoms with Crippen LogP contribution < -0.4 is 10.6 Å². The van der Waals surface area contributed by atoms with Gasteiger partial charge in [0.15, 0.2) is 0 Å². The fraction of sp³-hybridized carbons (Fsp3) is 0.342. The first-order valence-electron chi connectivity index (χ1n) is 15.4. The molecule has 1 amide bonds. The standard InChI is InChI=1S/C15H17N5.C6H11NO.C6H10.C5H6O.C2H6.2C2H2/c1-11-14(12-9-17-19(3)10-12)18-20(15(11)16-2)13-7-5-4-6-8-13;8-5-7-6-3-1-2-4-6;1-3-5-6-4-2;1-5-3-2-4-6-5;3*1-2/h4-10,16H,1-3H3;5-6H,1-4H2,(H,7,8);3-6H,1-2H3;2-4H,1H3;1-2H3;2*1-2H/b;;5-3-,6-4-;;;;. The van der Waals surface area contributed by atoms with Crippen molar-refractivity contribution in [3.05, 3.63) is 96.7 Å². The van der Waals surface area contributed by atoms with Gasteiger partial charge in [-0.25, -0.2) is 4.68 Å². The van der Waals surface area contributed by atoms with Crippen molar-refractivity contribution < 1.29 is 9.21 Å². The summed E-state index contributed by atoms with van der Waals surface area (Å²) in [5.41, 5.74) is 4.13. The Morgan fingerprint density at radius 1 is 0.935 bits per heavy atom. The number of furan rings is 1. The molecule has 0 atom stereocenters. The van der Waals surface area contributed by atoms with E-state index in [-0.39, 0.29) is 0 Å². The second-order valence-electron chi connectivity index (χ2n) is 9.26. The Balaban J connectivity index is 0. The Morgan fingerprint density at radius 3 is 1.91 bits per heavy atom. The number of aromatic nitrogens is 4. The van der Waals surface area contributed by atoms with Crippen LogP contribution in [-0.4, -0.2) is 39.1 Å².